The molecule has 2 amide bonds. The second-order valence-electron chi connectivity index (χ2n) is 27.5. The molecule has 3 aliphatic heterocycles. The van der Waals surface area contributed by atoms with E-state index in [4.69, 9.17) is 28.4 Å². The zero-order chi connectivity index (χ0) is 69.6. The average Bonchev–Trinajstić information content (AvgIpc) is 0.757. The smallest absolute Gasteiger partial charge is 0.364 e. The summed E-state index contributed by atoms with van der Waals surface area (Å²) in [5.41, 5.74) is 0. The van der Waals surface area contributed by atoms with E-state index in [9.17, 15) is 75.7 Å². The maximum Gasteiger partial charge on any atom is 0.364 e. The van der Waals surface area contributed by atoms with Gasteiger partial charge in [0.25, 0.3) is 5.79 Å². The predicted molar refractivity (Wildman–Crippen MR) is 362 cm³/mol. The van der Waals surface area contributed by atoms with Crippen LogP contribution in [0.2, 0.25) is 0 Å². The van der Waals surface area contributed by atoms with Gasteiger partial charge in [0.2, 0.25) is 11.8 Å². The number of unbranched alkanes of at least 4 members (excludes halogenated alkanes) is 38. The number of carbonyl (C=O) groups excluding carboxylic acids is 2. The van der Waals surface area contributed by atoms with Crippen molar-refractivity contribution in [2.45, 2.75) is 400 Å². The van der Waals surface area contributed by atoms with Crippen molar-refractivity contribution in [3.05, 3.63) is 12.2 Å². The third-order valence-corrected chi connectivity index (χ3v) is 19.2. The highest BCUT2D eigenvalue weighted by Gasteiger charge is 2.60. The second kappa shape index (κ2) is 52.5. The summed E-state index contributed by atoms with van der Waals surface area (Å²) in [5, 5.41) is 136. The predicted octanol–water partition coefficient (Wildman–Crippen LogP) is 8.24. The van der Waals surface area contributed by atoms with Gasteiger partial charge in [-0.15, -0.1) is 0 Å². The molecule has 3 saturated heterocycles. The highest BCUT2D eigenvalue weighted by atomic mass is 16.8. The summed E-state index contributed by atoms with van der Waals surface area (Å²) in [7, 11) is 0. The van der Waals surface area contributed by atoms with E-state index in [-0.39, 0.29) is 12.3 Å². The highest BCUT2D eigenvalue weighted by Crippen LogP contribution is 2.39. The first-order valence-electron chi connectivity index (χ1n) is 37.6. The van der Waals surface area contributed by atoms with Gasteiger partial charge >= 0.3 is 5.97 Å². The van der Waals surface area contributed by atoms with Gasteiger partial charge in [-0.1, -0.05) is 264 Å². The molecule has 3 aliphatic rings. The Bertz CT molecular complexity index is 1960. The van der Waals surface area contributed by atoms with Gasteiger partial charge in [0.1, 0.15) is 67.1 Å². The minimum atomic E-state index is -3.08. The lowest BCUT2D eigenvalue weighted by Crippen LogP contribution is -2.70. The third-order valence-electron chi connectivity index (χ3n) is 19.2. The number of allylic oxidation sites excluding steroid dienone is 1. The minimum Gasteiger partial charge on any atom is -0.477 e. The van der Waals surface area contributed by atoms with Crippen LogP contribution in [-0.4, -0.2) is 215 Å². The zero-order valence-corrected chi connectivity index (χ0v) is 58.5. The lowest BCUT2D eigenvalue weighted by molar-refractivity contribution is -0.386. The van der Waals surface area contributed by atoms with Gasteiger partial charge in [-0.2, -0.15) is 0 Å². The monoisotopic (exact) mass is 1360 g/mol. The van der Waals surface area contributed by atoms with E-state index in [0.29, 0.717) is 12.8 Å². The van der Waals surface area contributed by atoms with Gasteiger partial charge in [-0.25, -0.2) is 4.79 Å². The Balaban J connectivity index is 1.47. The average molecular weight is 1360 g/mol. The molecule has 0 aliphatic carbocycles. The van der Waals surface area contributed by atoms with Gasteiger partial charge < -0.3 is 100 Å². The zero-order valence-electron chi connectivity index (χ0n) is 58.5. The number of aliphatic carboxylic acids is 1. The van der Waals surface area contributed by atoms with Crippen molar-refractivity contribution in [1.82, 2.24) is 10.6 Å². The summed E-state index contributed by atoms with van der Waals surface area (Å²) in [6, 6.07) is -2.61. The molecule has 558 valence electrons. The molecule has 3 heterocycles. The number of amides is 2. The number of aliphatic hydroxyl groups is 11. The quantitative estimate of drug-likeness (QED) is 0.0201. The van der Waals surface area contributed by atoms with Crippen molar-refractivity contribution in [2.24, 2.45) is 0 Å². The number of nitrogens with one attached hydrogen (secondary N) is 2. The molecule has 0 aromatic heterocycles. The topological polar surface area (TPSA) is 373 Å². The second-order valence-corrected chi connectivity index (χ2v) is 27.5. The van der Waals surface area contributed by atoms with Gasteiger partial charge in [-0.05, 0) is 19.3 Å². The molecule has 0 saturated carbocycles. The van der Waals surface area contributed by atoms with E-state index in [1.54, 1.807) is 6.08 Å². The Morgan fingerprint density at radius 3 is 1.40 bits per heavy atom. The molecule has 0 aromatic rings. The lowest BCUT2D eigenvalue weighted by Gasteiger charge is -2.50. The number of hydrogen-bond donors (Lipinski definition) is 14. The first-order chi connectivity index (χ1) is 45.9. The summed E-state index contributed by atoms with van der Waals surface area (Å²) in [4.78, 5) is 38.5. The Kier molecular flexibility index (Phi) is 47.9. The Labute approximate surface area is 569 Å². The Morgan fingerprint density at radius 2 is 0.979 bits per heavy atom. The molecule has 3 fully saturated rings. The molecule has 23 nitrogen and oxygen atoms in total. The van der Waals surface area contributed by atoms with Crippen LogP contribution >= 0.6 is 0 Å². The maximum absolute atomic E-state index is 13.5. The standard InChI is InChI=1S/C72H134N2O21/c1-4-6-8-10-12-14-16-17-18-19-20-21-22-23-24-25-26-27-28-29-30-31-32-33-34-36-38-40-42-44-46-59(82)74-53(54(79)45-43-41-39-37-35-15-13-11-9-7-5-2)51-90-69-64(86)63(85)66(58(50-77)92-69)93-70-65(87)68(62(84)57(49-76)91-70)95-72(71(88)89)47-55(80)60(73-52(3)78)67(94-72)61(83)56(81)48-75/h43,45,53-58,60-70,75-77,79-81,83-87H,4-42,44,46-51H2,1-3H3,(H,73,78)(H,74,82)(H,88,89)/b45-43+. The van der Waals surface area contributed by atoms with Crippen molar-refractivity contribution in [2.75, 3.05) is 26.4 Å². The minimum absolute atomic E-state index is 0.205. The van der Waals surface area contributed by atoms with Crippen LogP contribution in [0.5, 0.6) is 0 Å². The molecule has 3 rings (SSSR count). The number of carboxylic acids is 1. The fourth-order valence-electron chi connectivity index (χ4n) is 13.2. The normalized spacial score (nSPS) is 27.7. The van der Waals surface area contributed by atoms with Crippen LogP contribution in [0.25, 0.3) is 0 Å². The van der Waals surface area contributed by atoms with E-state index >= 15 is 0 Å². The highest BCUT2D eigenvalue weighted by molar-refractivity contribution is 5.77. The van der Waals surface area contributed by atoms with Crippen LogP contribution in [-0.2, 0) is 42.8 Å². The van der Waals surface area contributed by atoms with Crippen LogP contribution in [0.4, 0.5) is 0 Å². The van der Waals surface area contributed by atoms with Crippen LogP contribution in [0, 0.1) is 0 Å². The molecular formula is C72H134N2O21. The third kappa shape index (κ3) is 34.1. The van der Waals surface area contributed by atoms with Crippen LogP contribution in [0.1, 0.15) is 290 Å². The van der Waals surface area contributed by atoms with Crippen LogP contribution < -0.4 is 10.6 Å². The fourth-order valence-corrected chi connectivity index (χ4v) is 13.2. The molecule has 95 heavy (non-hydrogen) atoms. The molecule has 0 spiro atoms. The van der Waals surface area contributed by atoms with E-state index in [0.717, 1.165) is 51.9 Å². The van der Waals surface area contributed by atoms with E-state index < -0.39 is 155 Å². The largest absolute Gasteiger partial charge is 0.477 e. The van der Waals surface area contributed by atoms with E-state index in [1.807, 2.05) is 6.08 Å². The summed E-state index contributed by atoms with van der Waals surface area (Å²) in [6.45, 7) is 2.14. The summed E-state index contributed by atoms with van der Waals surface area (Å²) in [6.07, 6.45) is 24.4. The molecule has 23 heteroatoms. The van der Waals surface area contributed by atoms with Gasteiger partial charge in [0.15, 0.2) is 12.6 Å². The van der Waals surface area contributed by atoms with Crippen molar-refractivity contribution in [1.29, 1.82) is 0 Å². The summed E-state index contributed by atoms with van der Waals surface area (Å²) >= 11 is 0. The summed E-state index contributed by atoms with van der Waals surface area (Å²) < 4.78 is 34.8. The van der Waals surface area contributed by atoms with Gasteiger partial charge in [0, 0.05) is 19.8 Å². The van der Waals surface area contributed by atoms with E-state index in [2.05, 4.69) is 24.5 Å². The molecule has 18 atom stereocenters. The van der Waals surface area contributed by atoms with Crippen molar-refractivity contribution >= 4 is 17.8 Å². The molecule has 0 aromatic carbocycles. The molecule has 14 N–H and O–H groups in total. The maximum atomic E-state index is 13.5. The number of rotatable bonds is 58. The number of carbonyl (C=O) groups is 3. The first kappa shape index (κ1) is 86.7. The van der Waals surface area contributed by atoms with E-state index in [1.165, 1.54) is 199 Å². The Morgan fingerprint density at radius 1 is 0.547 bits per heavy atom. The van der Waals surface area contributed by atoms with Gasteiger partial charge in [-0.3, -0.25) is 9.59 Å². The molecular weight excluding hydrogens is 1230 g/mol. The van der Waals surface area contributed by atoms with Crippen molar-refractivity contribution in [3.63, 3.8) is 0 Å². The molecule has 18 unspecified atom stereocenters. The Hall–Kier alpha value is -2.53. The van der Waals surface area contributed by atoms with Crippen LogP contribution in [0.15, 0.2) is 12.2 Å². The van der Waals surface area contributed by atoms with Gasteiger partial charge in [0.05, 0.1) is 50.7 Å². The number of carboxylic acid groups (broad SMARTS) is 1. The fraction of sp³-hybridized carbons (Fsp3) is 0.931. The SMILES string of the molecule is CCCCCCCCCCC/C=C/C(O)C(COC1OC(CO)C(OC2OC(CO)C(O)C(OC3(C(=O)O)CC(O)C(NC(C)=O)C(C(O)C(O)CO)O3)C2O)C(O)C1O)NC(=O)CCCCCCCCCCCCCCCCCCCCCCCCCCCCCCCC. The number of hydrogen-bond acceptors (Lipinski definition) is 20. The lowest BCUT2D eigenvalue weighted by atomic mass is 9.88. The van der Waals surface area contributed by atoms with Crippen LogP contribution in [0.3, 0.4) is 0 Å². The number of ether oxygens (including phenoxy) is 6. The first-order valence-corrected chi connectivity index (χ1v) is 37.6. The summed E-state index contributed by atoms with van der Waals surface area (Å²) in [5.74, 6) is -6.13. The van der Waals surface area contributed by atoms with Crippen molar-refractivity contribution < 1.29 is 104 Å². The number of aliphatic hydroxyl groups excluding tert-OH is 11. The molecule has 0 radical (unpaired) electrons. The van der Waals surface area contributed by atoms with Crippen molar-refractivity contribution in [3.8, 4) is 0 Å². The molecule has 0 bridgehead atoms.